The summed E-state index contributed by atoms with van der Waals surface area (Å²) in [5.74, 6) is 2.61. The lowest BCUT2D eigenvalue weighted by Gasteiger charge is -2.49. The van der Waals surface area contributed by atoms with Gasteiger partial charge in [0.05, 0.1) is 0 Å². The summed E-state index contributed by atoms with van der Waals surface area (Å²) in [6.07, 6.45) is 11.0. The molecule has 0 N–H and O–H groups in total. The number of rotatable bonds is 2. The van der Waals surface area contributed by atoms with E-state index in [-0.39, 0.29) is 12.1 Å². The van der Waals surface area contributed by atoms with E-state index in [0.717, 1.165) is 24.2 Å². The summed E-state index contributed by atoms with van der Waals surface area (Å²) in [7, 11) is 0. The Balaban J connectivity index is 1.75. The summed E-state index contributed by atoms with van der Waals surface area (Å²) in [5.41, 5.74) is 0. The number of ether oxygens (including phenoxy) is 1. The van der Waals surface area contributed by atoms with E-state index in [1.165, 1.54) is 25.3 Å². The van der Waals surface area contributed by atoms with Gasteiger partial charge in [-0.15, -0.1) is 0 Å². The van der Waals surface area contributed by atoms with Crippen molar-refractivity contribution in [3.8, 4) is 0 Å². The first-order chi connectivity index (χ1) is 7.79. The highest BCUT2D eigenvalue weighted by atomic mass is 16.5. The maximum Gasteiger partial charge on any atom is 0.330 e. The quantitative estimate of drug-likeness (QED) is 0.404. The zero-order chi connectivity index (χ0) is 11.1. The van der Waals surface area contributed by atoms with Gasteiger partial charge in [-0.2, -0.15) is 0 Å². The van der Waals surface area contributed by atoms with E-state index in [4.69, 9.17) is 4.74 Å². The molecule has 0 radical (unpaired) electrons. The molecule has 5 atom stereocenters. The number of fused-ring (bicyclic) bond motifs is 2. The lowest BCUT2D eigenvalue weighted by molar-refractivity contribution is -0.156. The van der Waals surface area contributed by atoms with Crippen LogP contribution in [0.1, 0.15) is 25.7 Å². The molecule has 0 saturated heterocycles. The Labute approximate surface area is 96.4 Å². The summed E-state index contributed by atoms with van der Waals surface area (Å²) >= 11 is 0. The molecule has 4 rings (SSSR count). The van der Waals surface area contributed by atoms with Crippen molar-refractivity contribution in [3.05, 3.63) is 24.8 Å². The number of esters is 1. The van der Waals surface area contributed by atoms with E-state index in [1.807, 2.05) is 0 Å². The van der Waals surface area contributed by atoms with Crippen molar-refractivity contribution in [1.29, 1.82) is 0 Å². The molecule has 3 fully saturated rings. The van der Waals surface area contributed by atoms with Crippen LogP contribution in [0, 0.1) is 23.7 Å². The molecule has 86 valence electrons. The van der Waals surface area contributed by atoms with Gasteiger partial charge in [-0.1, -0.05) is 18.7 Å². The molecule has 2 bridgehead atoms. The van der Waals surface area contributed by atoms with E-state index in [2.05, 4.69) is 18.7 Å². The summed E-state index contributed by atoms with van der Waals surface area (Å²) in [5, 5.41) is 0. The monoisotopic (exact) mass is 218 g/mol. The smallest absolute Gasteiger partial charge is 0.330 e. The van der Waals surface area contributed by atoms with Crippen LogP contribution in [0.5, 0.6) is 0 Å². The number of carbonyl (C=O) groups excluding carboxylic acids is 1. The number of carbonyl (C=O) groups is 1. The van der Waals surface area contributed by atoms with E-state index in [1.54, 1.807) is 0 Å². The molecule has 3 saturated carbocycles. The molecule has 0 aromatic carbocycles. The largest absolute Gasteiger partial charge is 0.459 e. The molecule has 16 heavy (non-hydrogen) atoms. The molecule has 0 aliphatic heterocycles. The fourth-order valence-electron chi connectivity index (χ4n) is 4.02. The van der Waals surface area contributed by atoms with E-state index >= 15 is 0 Å². The minimum absolute atomic E-state index is 0.158. The second-order valence-corrected chi connectivity index (χ2v) is 5.32. The van der Waals surface area contributed by atoms with Crippen molar-refractivity contribution in [2.45, 2.75) is 31.8 Å². The van der Waals surface area contributed by atoms with Crippen LogP contribution in [-0.4, -0.2) is 12.1 Å². The third-order valence-corrected chi connectivity index (χ3v) is 4.67. The van der Waals surface area contributed by atoms with Crippen molar-refractivity contribution >= 4 is 5.97 Å². The first kappa shape index (κ1) is 10.1. The van der Waals surface area contributed by atoms with Crippen molar-refractivity contribution in [3.63, 3.8) is 0 Å². The Kier molecular flexibility index (Phi) is 2.38. The Morgan fingerprint density at radius 2 is 2.25 bits per heavy atom. The molecule has 4 aliphatic carbocycles. The molecule has 0 amide bonds. The number of allylic oxidation sites excluding steroid dienone is 2. The van der Waals surface area contributed by atoms with Crippen molar-refractivity contribution in [2.75, 3.05) is 0 Å². The number of hydrogen-bond donors (Lipinski definition) is 0. The van der Waals surface area contributed by atoms with Crippen molar-refractivity contribution < 1.29 is 9.53 Å². The minimum atomic E-state index is -0.250. The molecule has 5 unspecified atom stereocenters. The highest BCUT2D eigenvalue weighted by Gasteiger charge is 2.49. The summed E-state index contributed by atoms with van der Waals surface area (Å²) < 4.78 is 5.50. The fraction of sp³-hybridized carbons (Fsp3) is 0.643. The molecule has 0 heterocycles. The Bertz CT molecular complexity index is 345. The SMILES string of the molecule is C=CC(=O)OC1CC2CCC1C1CC=CC21. The summed E-state index contributed by atoms with van der Waals surface area (Å²) in [6, 6.07) is 0. The average Bonchev–Trinajstić information content (AvgIpc) is 2.80. The lowest BCUT2D eigenvalue weighted by Crippen LogP contribution is -2.47. The first-order valence-corrected chi connectivity index (χ1v) is 6.29. The van der Waals surface area contributed by atoms with Gasteiger partial charge in [0.1, 0.15) is 6.10 Å². The summed E-state index contributed by atoms with van der Waals surface area (Å²) in [6.45, 7) is 3.47. The van der Waals surface area contributed by atoms with Gasteiger partial charge < -0.3 is 4.74 Å². The molecule has 2 nitrogen and oxygen atoms in total. The van der Waals surface area contributed by atoms with Gasteiger partial charge in [-0.3, -0.25) is 0 Å². The zero-order valence-electron chi connectivity index (χ0n) is 9.47. The van der Waals surface area contributed by atoms with Crippen LogP contribution < -0.4 is 0 Å². The molecular weight excluding hydrogens is 200 g/mol. The van der Waals surface area contributed by atoms with Gasteiger partial charge >= 0.3 is 5.97 Å². The van der Waals surface area contributed by atoms with Crippen LogP contribution in [0.15, 0.2) is 24.8 Å². The molecule has 2 heteroatoms. The lowest BCUT2D eigenvalue weighted by atomic mass is 9.58. The Hall–Kier alpha value is -1.05. The zero-order valence-corrected chi connectivity index (χ0v) is 9.47. The predicted molar refractivity (Wildman–Crippen MR) is 61.6 cm³/mol. The third kappa shape index (κ3) is 1.43. The minimum Gasteiger partial charge on any atom is -0.459 e. The van der Waals surface area contributed by atoms with Gasteiger partial charge in [0.2, 0.25) is 0 Å². The van der Waals surface area contributed by atoms with E-state index < -0.39 is 0 Å². The Morgan fingerprint density at radius 1 is 1.38 bits per heavy atom. The fourth-order valence-corrected chi connectivity index (χ4v) is 4.02. The predicted octanol–water partition coefficient (Wildman–Crippen LogP) is 2.71. The maximum atomic E-state index is 11.3. The molecule has 0 aromatic heterocycles. The average molecular weight is 218 g/mol. The second kappa shape index (κ2) is 3.76. The van der Waals surface area contributed by atoms with Gasteiger partial charge in [0.15, 0.2) is 0 Å². The number of hydrogen-bond acceptors (Lipinski definition) is 2. The van der Waals surface area contributed by atoms with Crippen LogP contribution in [0.25, 0.3) is 0 Å². The van der Waals surface area contributed by atoms with Crippen molar-refractivity contribution in [1.82, 2.24) is 0 Å². The van der Waals surface area contributed by atoms with Crippen LogP contribution in [0.4, 0.5) is 0 Å². The van der Waals surface area contributed by atoms with Crippen LogP contribution in [0.3, 0.4) is 0 Å². The highest BCUT2D eigenvalue weighted by Crippen LogP contribution is 2.53. The topological polar surface area (TPSA) is 26.3 Å². The molecule has 4 aliphatic rings. The maximum absolute atomic E-state index is 11.3. The molecule has 0 aromatic rings. The highest BCUT2D eigenvalue weighted by molar-refractivity contribution is 5.81. The Morgan fingerprint density at radius 3 is 3.06 bits per heavy atom. The van der Waals surface area contributed by atoms with E-state index in [0.29, 0.717) is 5.92 Å². The van der Waals surface area contributed by atoms with Crippen LogP contribution >= 0.6 is 0 Å². The first-order valence-electron chi connectivity index (χ1n) is 6.29. The standard InChI is InChI=1S/C14H18O2/c1-2-14(15)16-13-8-9-6-7-12(13)11-5-3-4-10(9)11/h2-4,9-13H,1,5-8H2. The normalized spacial score (nSPS) is 44.1. The van der Waals surface area contributed by atoms with Gasteiger partial charge in [-0.05, 0) is 49.4 Å². The third-order valence-electron chi connectivity index (χ3n) is 4.67. The second-order valence-electron chi connectivity index (χ2n) is 5.32. The molecule has 0 spiro atoms. The van der Waals surface area contributed by atoms with E-state index in [9.17, 15) is 4.79 Å². The van der Waals surface area contributed by atoms with Gasteiger partial charge in [-0.25, -0.2) is 4.79 Å². The van der Waals surface area contributed by atoms with Crippen LogP contribution in [-0.2, 0) is 9.53 Å². The molecular formula is C14H18O2. The van der Waals surface area contributed by atoms with Gasteiger partial charge in [0, 0.05) is 6.08 Å². The summed E-state index contributed by atoms with van der Waals surface area (Å²) in [4.78, 5) is 11.3. The van der Waals surface area contributed by atoms with Gasteiger partial charge in [0.25, 0.3) is 0 Å². The van der Waals surface area contributed by atoms with Crippen molar-refractivity contribution in [2.24, 2.45) is 23.7 Å². The van der Waals surface area contributed by atoms with Crippen LogP contribution in [0.2, 0.25) is 0 Å².